The molecule has 1 amide bonds. The summed E-state index contributed by atoms with van der Waals surface area (Å²) in [5, 5.41) is 14.3. The van der Waals surface area contributed by atoms with Gasteiger partial charge in [-0.1, -0.05) is 50.6 Å². The van der Waals surface area contributed by atoms with Gasteiger partial charge in [-0.2, -0.15) is 0 Å². The van der Waals surface area contributed by atoms with Crippen LogP contribution >= 0.6 is 0 Å². The van der Waals surface area contributed by atoms with Crippen molar-refractivity contribution in [1.82, 2.24) is 14.8 Å². The van der Waals surface area contributed by atoms with E-state index in [1.54, 1.807) is 13.2 Å². The van der Waals surface area contributed by atoms with Crippen LogP contribution in [0.5, 0.6) is 5.75 Å². The van der Waals surface area contributed by atoms with Crippen LogP contribution in [-0.2, 0) is 50.6 Å². The highest BCUT2D eigenvalue weighted by molar-refractivity contribution is 5.96. The number of nitrogens with zero attached hydrogens (tertiary/aromatic N) is 3. The first-order valence-electron chi connectivity index (χ1n) is 21.2. The topological polar surface area (TPSA) is 151 Å². The number of H-pyrrole nitrogens is 1. The van der Waals surface area contributed by atoms with Gasteiger partial charge in [-0.05, 0) is 73.7 Å². The van der Waals surface area contributed by atoms with Crippen molar-refractivity contribution in [2.45, 2.75) is 93.9 Å². The molecule has 2 bridgehead atoms. The number of benzene rings is 2. The summed E-state index contributed by atoms with van der Waals surface area (Å²) in [5.74, 6) is -1.12. The third-order valence-electron chi connectivity index (χ3n) is 15.4. The number of amides is 1. The van der Waals surface area contributed by atoms with Crippen molar-refractivity contribution >= 4 is 40.9 Å². The first kappa shape index (κ1) is 39.7. The summed E-state index contributed by atoms with van der Waals surface area (Å²) in [4.78, 5) is 66.5. The van der Waals surface area contributed by atoms with Crippen LogP contribution in [0.1, 0.15) is 75.3 Å². The molecule has 59 heavy (non-hydrogen) atoms. The van der Waals surface area contributed by atoms with Crippen molar-refractivity contribution < 1.29 is 43.2 Å². The summed E-state index contributed by atoms with van der Waals surface area (Å²) in [6.07, 6.45) is 7.25. The van der Waals surface area contributed by atoms with Crippen LogP contribution in [-0.4, -0.2) is 122 Å². The maximum Gasteiger partial charge on any atom is 0.344 e. The highest BCUT2D eigenvalue weighted by atomic mass is 16.6. The Kier molecular flexibility index (Phi) is 9.56. The molecule has 13 nitrogen and oxygen atoms in total. The van der Waals surface area contributed by atoms with Gasteiger partial charge in [-0.3, -0.25) is 19.3 Å². The maximum absolute atomic E-state index is 15.3. The van der Waals surface area contributed by atoms with E-state index in [1.165, 1.54) is 26.0 Å². The molecule has 13 heteroatoms. The molecule has 1 aromatic heterocycles. The number of aliphatic hydroxyl groups is 1. The van der Waals surface area contributed by atoms with Gasteiger partial charge in [-0.15, -0.1) is 0 Å². The van der Waals surface area contributed by atoms with E-state index in [0.717, 1.165) is 54.6 Å². The lowest BCUT2D eigenvalue weighted by Crippen LogP contribution is -2.81. The van der Waals surface area contributed by atoms with Crippen LogP contribution in [0.15, 0.2) is 48.6 Å². The molecule has 9 rings (SSSR count). The third-order valence-corrected chi connectivity index (χ3v) is 15.4. The highest BCUT2D eigenvalue weighted by Gasteiger charge is 2.81. The number of para-hydroxylation sites is 1. The second-order valence-electron chi connectivity index (χ2n) is 17.9. The quantitative estimate of drug-likeness (QED) is 0.144. The number of hydrogen-bond acceptors (Lipinski definition) is 11. The van der Waals surface area contributed by atoms with Crippen LogP contribution < -0.4 is 9.64 Å². The van der Waals surface area contributed by atoms with E-state index in [2.05, 4.69) is 27.8 Å². The van der Waals surface area contributed by atoms with Crippen molar-refractivity contribution in [3.8, 4) is 5.75 Å². The van der Waals surface area contributed by atoms with Crippen LogP contribution in [0.25, 0.3) is 10.9 Å². The van der Waals surface area contributed by atoms with E-state index < -0.39 is 57.9 Å². The van der Waals surface area contributed by atoms with Gasteiger partial charge in [0.25, 0.3) is 0 Å². The number of carbonyl (C=O) groups is 4. The Labute approximate surface area is 345 Å². The number of rotatable bonds is 8. The van der Waals surface area contributed by atoms with Crippen molar-refractivity contribution in [2.75, 3.05) is 59.0 Å². The minimum Gasteiger partial charge on any atom is -0.496 e. The zero-order valence-corrected chi connectivity index (χ0v) is 34.9. The van der Waals surface area contributed by atoms with E-state index in [0.29, 0.717) is 73.7 Å². The fourth-order valence-electron chi connectivity index (χ4n) is 13.3. The first-order valence-corrected chi connectivity index (χ1v) is 21.2. The van der Waals surface area contributed by atoms with Crippen molar-refractivity contribution in [3.05, 3.63) is 70.9 Å². The molecule has 1 spiro atoms. The van der Waals surface area contributed by atoms with Gasteiger partial charge in [0.15, 0.2) is 6.10 Å². The Morgan fingerprint density at radius 2 is 1.78 bits per heavy atom. The van der Waals surface area contributed by atoms with Crippen LogP contribution in [0, 0.1) is 17.3 Å². The second-order valence-corrected chi connectivity index (χ2v) is 17.9. The molecule has 1 aliphatic carbocycles. The summed E-state index contributed by atoms with van der Waals surface area (Å²) >= 11 is 0. The number of piperidine rings is 1. The fraction of sp³-hybridized carbons (Fsp3) is 0.565. The van der Waals surface area contributed by atoms with Gasteiger partial charge in [0.2, 0.25) is 12.0 Å². The number of aromatic nitrogens is 1. The standard InChI is InChI=1S/C46H56N4O9/c1-7-28-20-29-23-45(41(53)57-5,37-31(14-18-48(24-28)25-29)30-12-9-10-13-34(30)47-37)33-21-32-35(22-36(33)56-4)50(26-51)39-44(32)16-19-49-17-11-15-43(8-2,38(44)49)40(59-27(3)52)46(39,55)42(54)58-6/h9-13,15,21-22,26,28-29,38-40,47,55H,7-8,14,16-20,23-25H2,1-6H3/t28-,29-,38+,39-,40-,43-,44-,45+,46+/m1/s1. The van der Waals surface area contributed by atoms with Gasteiger partial charge in [-0.25, -0.2) is 4.79 Å². The molecule has 1 unspecified atom stereocenters. The summed E-state index contributed by atoms with van der Waals surface area (Å²) in [7, 11) is 4.19. The molecule has 5 aliphatic heterocycles. The van der Waals surface area contributed by atoms with E-state index in [-0.39, 0.29) is 5.92 Å². The Hall–Kier alpha value is -4.72. The normalized spacial score (nSPS) is 35.6. The molecule has 1 saturated carbocycles. The molecule has 6 aliphatic rings. The monoisotopic (exact) mass is 808 g/mol. The minimum atomic E-state index is -2.50. The van der Waals surface area contributed by atoms with E-state index in [4.69, 9.17) is 18.9 Å². The maximum atomic E-state index is 15.3. The third kappa shape index (κ3) is 5.19. The van der Waals surface area contributed by atoms with E-state index >= 15 is 4.79 Å². The zero-order chi connectivity index (χ0) is 41.6. The molecule has 314 valence electrons. The molecule has 2 saturated heterocycles. The number of nitrogens with one attached hydrogen (secondary N) is 1. The van der Waals surface area contributed by atoms with Gasteiger partial charge >= 0.3 is 17.9 Å². The smallest absolute Gasteiger partial charge is 0.344 e. The minimum absolute atomic E-state index is 0.127. The average Bonchev–Trinajstić information content (AvgIpc) is 3.92. The summed E-state index contributed by atoms with van der Waals surface area (Å²) in [5.41, 5.74) is -1.54. The average molecular weight is 809 g/mol. The van der Waals surface area contributed by atoms with Crippen molar-refractivity contribution in [3.63, 3.8) is 0 Å². The van der Waals surface area contributed by atoms with Crippen LogP contribution in [0.4, 0.5) is 5.69 Å². The predicted molar refractivity (Wildman–Crippen MR) is 219 cm³/mol. The first-order chi connectivity index (χ1) is 28.4. The van der Waals surface area contributed by atoms with Gasteiger partial charge < -0.3 is 38.8 Å². The molecule has 2 aromatic carbocycles. The molecule has 3 aromatic rings. The lowest BCUT2D eigenvalue weighted by Gasteiger charge is -2.63. The van der Waals surface area contributed by atoms with Crippen molar-refractivity contribution in [1.29, 1.82) is 0 Å². The number of aromatic amines is 1. The second kappa shape index (κ2) is 14.2. The number of methoxy groups -OCH3 is 3. The molecule has 6 heterocycles. The predicted octanol–water partition coefficient (Wildman–Crippen LogP) is 4.40. The fourth-order valence-corrected chi connectivity index (χ4v) is 13.3. The van der Waals surface area contributed by atoms with Crippen LogP contribution in [0.2, 0.25) is 0 Å². The molecular weight excluding hydrogens is 753 g/mol. The molecule has 2 N–H and O–H groups in total. The van der Waals surface area contributed by atoms with Crippen molar-refractivity contribution in [2.24, 2.45) is 17.3 Å². The summed E-state index contributed by atoms with van der Waals surface area (Å²) < 4.78 is 23.8. The Morgan fingerprint density at radius 3 is 2.47 bits per heavy atom. The Balaban J connectivity index is 1.38. The van der Waals surface area contributed by atoms with Gasteiger partial charge in [0.1, 0.15) is 11.2 Å². The summed E-state index contributed by atoms with van der Waals surface area (Å²) in [6.45, 7) is 9.32. The number of ether oxygens (including phenoxy) is 4. The number of fused-ring (bicyclic) bond motifs is 6. The van der Waals surface area contributed by atoms with Crippen LogP contribution in [0.3, 0.4) is 0 Å². The van der Waals surface area contributed by atoms with E-state index in [9.17, 15) is 19.5 Å². The SMILES string of the molecule is CC[C@@H]1C[C@H]2CN(CCc3c([nH]c4ccccc34)[C@@](C(=O)OC)(c3cc4c(cc3OC)N(C=O)[C@H]3[C@@](O)(C(=O)OC)[C@H](OC(C)=O)[C@]5(CC)C=CCN6CC[C@]43[C@@H]65)C2)C1. The highest BCUT2D eigenvalue weighted by Crippen LogP contribution is 2.68. The Morgan fingerprint density at radius 1 is 1.00 bits per heavy atom. The molecular formula is C46H56N4O9. The molecule has 0 radical (unpaired) electrons. The lowest BCUT2D eigenvalue weighted by atomic mass is 9.47. The summed E-state index contributed by atoms with van der Waals surface area (Å²) in [6, 6.07) is 10.3. The number of anilines is 1. The zero-order valence-electron chi connectivity index (χ0n) is 34.9. The van der Waals surface area contributed by atoms with Gasteiger partial charge in [0, 0.05) is 78.2 Å². The Bertz CT molecular complexity index is 2260. The lowest BCUT2D eigenvalue weighted by molar-refractivity contribution is -0.228. The number of hydrogen-bond donors (Lipinski definition) is 2. The van der Waals surface area contributed by atoms with E-state index in [1.807, 2.05) is 43.3 Å². The molecule has 10 atom stereocenters. The number of esters is 3. The molecule has 3 fully saturated rings. The number of carbonyl (C=O) groups excluding carboxylic acids is 4. The largest absolute Gasteiger partial charge is 0.496 e. The van der Waals surface area contributed by atoms with Gasteiger partial charge in [0.05, 0.1) is 33.1 Å².